The maximum Gasteiger partial charge on any atom is 0.276 e. The van der Waals surface area contributed by atoms with Crippen molar-refractivity contribution in [3.8, 4) is 5.75 Å². The molecule has 6 heteroatoms. The molecule has 2 aromatic carbocycles. The number of carbonyl (C=O) groups is 1. The largest absolute Gasteiger partial charge is 0.489 e. The van der Waals surface area contributed by atoms with Crippen LogP contribution in [-0.2, 0) is 11.4 Å². The van der Waals surface area contributed by atoms with Gasteiger partial charge in [-0.2, -0.15) is 0 Å². The van der Waals surface area contributed by atoms with Crippen LogP contribution in [0.4, 0.5) is 0 Å². The third kappa shape index (κ3) is 4.07. The Labute approximate surface area is 172 Å². The van der Waals surface area contributed by atoms with E-state index in [4.69, 9.17) is 17.0 Å². The standard InChI is InChI=1S/C20H19IN2O2S/c1-3-23-19(24)18(22(2)20(23)26)12-14-6-10-17(11-7-14)25-13-15-4-8-16(21)9-5-15/h4-12H,3,13H2,1-2H3/b18-12-. The second kappa shape index (κ2) is 8.18. The van der Waals surface area contributed by atoms with Crippen molar-refractivity contribution >= 4 is 51.9 Å². The Hall–Kier alpha value is -1.93. The maximum absolute atomic E-state index is 12.4. The maximum atomic E-state index is 12.4. The van der Waals surface area contributed by atoms with E-state index >= 15 is 0 Å². The smallest absolute Gasteiger partial charge is 0.276 e. The fraction of sp³-hybridized carbons (Fsp3) is 0.200. The minimum absolute atomic E-state index is 0.0564. The molecule has 4 nitrogen and oxygen atoms in total. The quantitative estimate of drug-likeness (QED) is 0.365. The average Bonchev–Trinajstić information content (AvgIpc) is 2.85. The average molecular weight is 478 g/mol. The molecule has 1 aliphatic heterocycles. The highest BCUT2D eigenvalue weighted by Gasteiger charge is 2.34. The molecule has 0 radical (unpaired) electrons. The first-order valence-corrected chi connectivity index (χ1v) is 9.77. The Morgan fingerprint density at radius 3 is 2.35 bits per heavy atom. The van der Waals surface area contributed by atoms with Gasteiger partial charge in [0.1, 0.15) is 18.1 Å². The van der Waals surface area contributed by atoms with Gasteiger partial charge in [0.25, 0.3) is 5.91 Å². The van der Waals surface area contributed by atoms with Crippen molar-refractivity contribution in [2.24, 2.45) is 0 Å². The third-order valence-corrected chi connectivity index (χ3v) is 5.38. The van der Waals surface area contributed by atoms with Crippen molar-refractivity contribution in [3.63, 3.8) is 0 Å². The second-order valence-corrected chi connectivity index (χ2v) is 7.52. The molecular formula is C20H19IN2O2S. The highest BCUT2D eigenvalue weighted by atomic mass is 127. The molecule has 0 aliphatic carbocycles. The fourth-order valence-corrected chi connectivity index (χ4v) is 3.33. The highest BCUT2D eigenvalue weighted by molar-refractivity contribution is 14.1. The van der Waals surface area contributed by atoms with Gasteiger partial charge in [0, 0.05) is 17.2 Å². The minimum atomic E-state index is -0.0564. The van der Waals surface area contributed by atoms with Gasteiger partial charge in [-0.3, -0.25) is 9.69 Å². The second-order valence-electron chi connectivity index (χ2n) is 5.90. The summed E-state index contributed by atoms with van der Waals surface area (Å²) in [5, 5.41) is 0.543. The van der Waals surface area contributed by atoms with Crippen LogP contribution in [0.2, 0.25) is 0 Å². The monoisotopic (exact) mass is 478 g/mol. The van der Waals surface area contributed by atoms with Crippen molar-refractivity contribution < 1.29 is 9.53 Å². The molecular weight excluding hydrogens is 459 g/mol. The van der Waals surface area contributed by atoms with Gasteiger partial charge in [0.2, 0.25) is 0 Å². The Morgan fingerprint density at radius 2 is 1.77 bits per heavy atom. The van der Waals surface area contributed by atoms with E-state index in [-0.39, 0.29) is 5.91 Å². The molecule has 1 heterocycles. The van der Waals surface area contributed by atoms with Crippen molar-refractivity contribution in [3.05, 3.63) is 68.9 Å². The fourth-order valence-electron chi connectivity index (χ4n) is 2.66. The van der Waals surface area contributed by atoms with E-state index in [1.165, 1.54) is 3.57 Å². The van der Waals surface area contributed by atoms with E-state index in [9.17, 15) is 4.79 Å². The van der Waals surface area contributed by atoms with Crippen LogP contribution in [-0.4, -0.2) is 34.4 Å². The van der Waals surface area contributed by atoms with Gasteiger partial charge in [0.05, 0.1) is 0 Å². The molecule has 1 amide bonds. The normalized spacial score (nSPS) is 15.9. The molecule has 134 valence electrons. The molecule has 0 saturated carbocycles. The number of hydrogen-bond acceptors (Lipinski definition) is 3. The predicted molar refractivity (Wildman–Crippen MR) is 116 cm³/mol. The first-order chi connectivity index (χ1) is 12.5. The molecule has 26 heavy (non-hydrogen) atoms. The molecule has 2 aromatic rings. The number of hydrogen-bond donors (Lipinski definition) is 0. The van der Waals surface area contributed by atoms with Crippen LogP contribution < -0.4 is 4.74 Å². The van der Waals surface area contributed by atoms with Gasteiger partial charge in [0.15, 0.2) is 5.11 Å². The number of amides is 1. The summed E-state index contributed by atoms with van der Waals surface area (Å²) in [6.07, 6.45) is 1.85. The number of thiocarbonyl (C=S) groups is 1. The topological polar surface area (TPSA) is 32.8 Å². The lowest BCUT2D eigenvalue weighted by Crippen LogP contribution is -2.30. The van der Waals surface area contributed by atoms with Crippen LogP contribution >= 0.6 is 34.8 Å². The number of rotatable bonds is 5. The van der Waals surface area contributed by atoms with Gasteiger partial charge in [-0.1, -0.05) is 24.3 Å². The Kier molecular flexibility index (Phi) is 5.93. The molecule has 0 atom stereocenters. The van der Waals surface area contributed by atoms with E-state index < -0.39 is 0 Å². The zero-order chi connectivity index (χ0) is 18.7. The summed E-state index contributed by atoms with van der Waals surface area (Å²) in [5.41, 5.74) is 2.65. The number of nitrogens with zero attached hydrogens (tertiary/aromatic N) is 2. The van der Waals surface area contributed by atoms with Gasteiger partial charge in [-0.05, 0) is 83.2 Å². The summed E-state index contributed by atoms with van der Waals surface area (Å²) >= 11 is 7.60. The molecule has 0 N–H and O–H groups in total. The Morgan fingerprint density at radius 1 is 1.12 bits per heavy atom. The van der Waals surface area contributed by atoms with Gasteiger partial charge in [-0.15, -0.1) is 0 Å². The highest BCUT2D eigenvalue weighted by Crippen LogP contribution is 2.23. The first kappa shape index (κ1) is 18.8. The molecule has 1 saturated heterocycles. The van der Waals surface area contributed by atoms with Crippen molar-refractivity contribution in [1.82, 2.24) is 9.80 Å². The Balaban J connectivity index is 1.68. The lowest BCUT2D eigenvalue weighted by Gasteiger charge is -2.13. The summed E-state index contributed by atoms with van der Waals surface area (Å²) in [4.78, 5) is 15.8. The van der Waals surface area contributed by atoms with Gasteiger partial charge < -0.3 is 9.64 Å². The van der Waals surface area contributed by atoms with Crippen molar-refractivity contribution in [1.29, 1.82) is 0 Å². The number of benzene rings is 2. The molecule has 1 aliphatic rings. The summed E-state index contributed by atoms with van der Waals surface area (Å²) in [5.74, 6) is 0.738. The van der Waals surface area contributed by atoms with E-state index in [1.54, 1.807) is 9.80 Å². The van der Waals surface area contributed by atoms with Crippen LogP contribution in [0, 0.1) is 3.57 Å². The summed E-state index contributed by atoms with van der Waals surface area (Å²) < 4.78 is 7.03. The van der Waals surface area contributed by atoms with Crippen molar-refractivity contribution in [2.75, 3.05) is 13.6 Å². The number of carbonyl (C=O) groups excluding carboxylic acids is 1. The zero-order valence-corrected chi connectivity index (χ0v) is 17.6. The molecule has 0 unspecified atom stereocenters. The van der Waals surface area contributed by atoms with Crippen LogP contribution in [0.3, 0.4) is 0 Å². The molecule has 3 rings (SSSR count). The molecule has 0 bridgehead atoms. The van der Waals surface area contributed by atoms with Crippen LogP contribution in [0.25, 0.3) is 6.08 Å². The third-order valence-electron chi connectivity index (χ3n) is 4.16. The van der Waals surface area contributed by atoms with Crippen LogP contribution in [0.1, 0.15) is 18.1 Å². The zero-order valence-electron chi connectivity index (χ0n) is 14.6. The first-order valence-electron chi connectivity index (χ1n) is 8.28. The van der Waals surface area contributed by atoms with E-state index in [0.717, 1.165) is 16.9 Å². The number of ether oxygens (including phenoxy) is 1. The SMILES string of the molecule is CCN1C(=O)/C(=C/c2ccc(OCc3ccc(I)cc3)cc2)N(C)C1=S. The van der Waals surface area contributed by atoms with E-state index in [1.807, 2.05) is 44.3 Å². The van der Waals surface area contributed by atoms with Crippen molar-refractivity contribution in [2.45, 2.75) is 13.5 Å². The summed E-state index contributed by atoms with van der Waals surface area (Å²) in [6.45, 7) is 3.02. The van der Waals surface area contributed by atoms with Gasteiger partial charge in [-0.25, -0.2) is 0 Å². The number of likely N-dealkylation sites (N-methyl/N-ethyl adjacent to an activating group) is 2. The summed E-state index contributed by atoms with van der Waals surface area (Å²) in [7, 11) is 1.82. The molecule has 0 aromatic heterocycles. The van der Waals surface area contributed by atoms with Gasteiger partial charge >= 0.3 is 0 Å². The van der Waals surface area contributed by atoms with Crippen LogP contribution in [0.15, 0.2) is 54.2 Å². The number of halogens is 1. The van der Waals surface area contributed by atoms with Crippen LogP contribution in [0.5, 0.6) is 5.75 Å². The summed E-state index contributed by atoms with van der Waals surface area (Å²) in [6, 6.07) is 15.9. The lowest BCUT2D eigenvalue weighted by molar-refractivity contribution is -0.122. The molecule has 1 fully saturated rings. The lowest BCUT2D eigenvalue weighted by atomic mass is 10.1. The minimum Gasteiger partial charge on any atom is -0.489 e. The van der Waals surface area contributed by atoms with E-state index in [0.29, 0.717) is 24.0 Å². The Bertz CT molecular complexity index is 847. The molecule has 0 spiro atoms. The predicted octanol–water partition coefficient (Wildman–Crippen LogP) is 4.29. The van der Waals surface area contributed by atoms with E-state index in [2.05, 4.69) is 46.9 Å².